The van der Waals surface area contributed by atoms with Crippen molar-refractivity contribution >= 4 is 17.6 Å². The molecular weight excluding hydrogens is 260 g/mol. The SMILES string of the molecule is CC(C(=O)O)N(CCC(=O)O)c1ccc(F)cc1F. The third kappa shape index (κ3) is 3.90. The maximum atomic E-state index is 13.6. The number of anilines is 1. The largest absolute Gasteiger partial charge is 0.481 e. The number of nitrogens with zero attached hydrogens (tertiary/aromatic N) is 1. The Bertz CT molecular complexity index is 493. The lowest BCUT2D eigenvalue weighted by atomic mass is 10.2. The third-order valence-electron chi connectivity index (χ3n) is 2.61. The second kappa shape index (κ2) is 6.12. The van der Waals surface area contributed by atoms with Crippen LogP contribution in [0.5, 0.6) is 0 Å². The summed E-state index contributed by atoms with van der Waals surface area (Å²) >= 11 is 0. The van der Waals surface area contributed by atoms with Crippen LogP contribution in [0.3, 0.4) is 0 Å². The molecule has 0 bridgehead atoms. The molecule has 0 radical (unpaired) electrons. The van der Waals surface area contributed by atoms with Crippen LogP contribution in [0.25, 0.3) is 0 Å². The van der Waals surface area contributed by atoms with Crippen LogP contribution in [0.1, 0.15) is 13.3 Å². The molecule has 5 nitrogen and oxygen atoms in total. The minimum absolute atomic E-state index is 0.141. The summed E-state index contributed by atoms with van der Waals surface area (Å²) in [6.07, 6.45) is -0.353. The van der Waals surface area contributed by atoms with Gasteiger partial charge in [-0.3, -0.25) is 4.79 Å². The zero-order chi connectivity index (χ0) is 14.6. The fraction of sp³-hybridized carbons (Fsp3) is 0.333. The molecule has 104 valence electrons. The number of carboxylic acid groups (broad SMARTS) is 2. The molecule has 0 saturated carbocycles. The van der Waals surface area contributed by atoms with Gasteiger partial charge in [0.1, 0.15) is 17.7 Å². The third-order valence-corrected chi connectivity index (χ3v) is 2.61. The van der Waals surface area contributed by atoms with E-state index in [2.05, 4.69) is 0 Å². The molecule has 2 N–H and O–H groups in total. The molecule has 0 aromatic heterocycles. The maximum absolute atomic E-state index is 13.6. The molecule has 0 saturated heterocycles. The highest BCUT2D eigenvalue weighted by atomic mass is 19.1. The Balaban J connectivity index is 3.07. The van der Waals surface area contributed by atoms with Crippen molar-refractivity contribution in [3.8, 4) is 0 Å². The Morgan fingerprint density at radius 1 is 1.32 bits per heavy atom. The van der Waals surface area contributed by atoms with Gasteiger partial charge in [0, 0.05) is 12.6 Å². The fourth-order valence-corrected chi connectivity index (χ4v) is 1.59. The van der Waals surface area contributed by atoms with E-state index < -0.39 is 29.6 Å². The average Bonchev–Trinajstić information content (AvgIpc) is 2.30. The van der Waals surface area contributed by atoms with Gasteiger partial charge < -0.3 is 15.1 Å². The molecule has 1 aromatic carbocycles. The predicted octanol–water partition coefficient (Wildman–Crippen LogP) is 1.72. The Kier molecular flexibility index (Phi) is 4.80. The molecule has 0 heterocycles. The van der Waals surface area contributed by atoms with Crippen molar-refractivity contribution in [3.05, 3.63) is 29.8 Å². The van der Waals surface area contributed by atoms with Crippen LogP contribution < -0.4 is 4.90 Å². The molecule has 1 rings (SSSR count). The molecule has 1 atom stereocenters. The number of carbonyl (C=O) groups is 2. The number of rotatable bonds is 6. The summed E-state index contributed by atoms with van der Waals surface area (Å²) in [5.41, 5.74) is -0.141. The summed E-state index contributed by atoms with van der Waals surface area (Å²) in [6, 6.07) is 1.57. The van der Waals surface area contributed by atoms with Crippen molar-refractivity contribution in [1.82, 2.24) is 0 Å². The Labute approximate surface area is 108 Å². The molecule has 0 fully saturated rings. The molecular formula is C12H13F2NO4. The number of benzene rings is 1. The molecule has 1 aromatic rings. The van der Waals surface area contributed by atoms with E-state index in [1.165, 1.54) is 6.92 Å². The van der Waals surface area contributed by atoms with E-state index in [9.17, 15) is 18.4 Å². The van der Waals surface area contributed by atoms with Crippen molar-refractivity contribution in [1.29, 1.82) is 0 Å². The van der Waals surface area contributed by atoms with Crippen LogP contribution in [0.15, 0.2) is 18.2 Å². The van der Waals surface area contributed by atoms with Gasteiger partial charge in [-0.05, 0) is 19.1 Å². The number of carboxylic acids is 2. The molecule has 7 heteroatoms. The van der Waals surface area contributed by atoms with Gasteiger partial charge >= 0.3 is 11.9 Å². The first-order valence-electron chi connectivity index (χ1n) is 5.49. The van der Waals surface area contributed by atoms with Crippen molar-refractivity contribution < 1.29 is 28.6 Å². The predicted molar refractivity (Wildman–Crippen MR) is 63.1 cm³/mol. The van der Waals surface area contributed by atoms with Gasteiger partial charge in [-0.1, -0.05) is 0 Å². The van der Waals surface area contributed by atoms with Crippen LogP contribution in [-0.4, -0.2) is 34.7 Å². The minimum atomic E-state index is -1.23. The van der Waals surface area contributed by atoms with E-state index in [0.29, 0.717) is 6.07 Å². The van der Waals surface area contributed by atoms with Crippen LogP contribution in [0.2, 0.25) is 0 Å². The number of aliphatic carboxylic acids is 2. The zero-order valence-corrected chi connectivity index (χ0v) is 10.1. The van der Waals surface area contributed by atoms with Crippen LogP contribution >= 0.6 is 0 Å². The molecule has 19 heavy (non-hydrogen) atoms. The second-order valence-corrected chi connectivity index (χ2v) is 3.95. The van der Waals surface area contributed by atoms with Gasteiger partial charge in [-0.2, -0.15) is 0 Å². The summed E-state index contributed by atoms with van der Waals surface area (Å²) in [6.45, 7) is 1.11. The van der Waals surface area contributed by atoms with Crippen molar-refractivity contribution in [2.75, 3.05) is 11.4 Å². The lowest BCUT2D eigenvalue weighted by molar-refractivity contribution is -0.139. The van der Waals surface area contributed by atoms with Crippen molar-refractivity contribution in [2.45, 2.75) is 19.4 Å². The fourth-order valence-electron chi connectivity index (χ4n) is 1.59. The van der Waals surface area contributed by atoms with Gasteiger partial charge in [0.15, 0.2) is 0 Å². The van der Waals surface area contributed by atoms with Crippen LogP contribution in [0, 0.1) is 11.6 Å². The van der Waals surface area contributed by atoms with Gasteiger partial charge in [-0.15, -0.1) is 0 Å². The van der Waals surface area contributed by atoms with E-state index in [4.69, 9.17) is 10.2 Å². The van der Waals surface area contributed by atoms with E-state index in [-0.39, 0.29) is 18.7 Å². The lowest BCUT2D eigenvalue weighted by Gasteiger charge is -2.28. The summed E-state index contributed by atoms with van der Waals surface area (Å²) in [7, 11) is 0. The first kappa shape index (κ1) is 14.9. The molecule has 0 spiro atoms. The monoisotopic (exact) mass is 273 g/mol. The summed E-state index contributed by atoms with van der Waals surface area (Å²) in [5.74, 6) is -4.08. The Morgan fingerprint density at radius 3 is 2.42 bits per heavy atom. The summed E-state index contributed by atoms with van der Waals surface area (Å²) < 4.78 is 26.4. The van der Waals surface area contributed by atoms with Crippen LogP contribution in [0.4, 0.5) is 14.5 Å². The van der Waals surface area contributed by atoms with Gasteiger partial charge in [0.05, 0.1) is 12.1 Å². The Hall–Kier alpha value is -2.18. The summed E-state index contributed by atoms with van der Waals surface area (Å²) in [4.78, 5) is 22.6. The number of halogens is 2. The normalized spacial score (nSPS) is 11.9. The summed E-state index contributed by atoms with van der Waals surface area (Å²) in [5, 5.41) is 17.6. The van der Waals surface area contributed by atoms with E-state index in [0.717, 1.165) is 17.0 Å². The van der Waals surface area contributed by atoms with Crippen molar-refractivity contribution in [3.63, 3.8) is 0 Å². The number of hydrogen-bond donors (Lipinski definition) is 2. The zero-order valence-electron chi connectivity index (χ0n) is 10.1. The van der Waals surface area contributed by atoms with Gasteiger partial charge in [-0.25, -0.2) is 13.6 Å². The standard InChI is InChI=1S/C12H13F2NO4/c1-7(12(18)19)15(5-4-11(16)17)10-3-2-8(13)6-9(10)14/h2-3,6-7H,4-5H2,1H3,(H,16,17)(H,18,19). The highest BCUT2D eigenvalue weighted by molar-refractivity contribution is 5.78. The maximum Gasteiger partial charge on any atom is 0.326 e. The van der Waals surface area contributed by atoms with E-state index >= 15 is 0 Å². The molecule has 0 aliphatic rings. The second-order valence-electron chi connectivity index (χ2n) is 3.95. The highest BCUT2D eigenvalue weighted by Gasteiger charge is 2.24. The van der Waals surface area contributed by atoms with Gasteiger partial charge in [0.25, 0.3) is 0 Å². The smallest absolute Gasteiger partial charge is 0.326 e. The molecule has 0 aliphatic heterocycles. The highest BCUT2D eigenvalue weighted by Crippen LogP contribution is 2.22. The molecule has 1 unspecified atom stereocenters. The first-order chi connectivity index (χ1) is 8.82. The van der Waals surface area contributed by atoms with E-state index in [1.54, 1.807) is 0 Å². The molecule has 0 amide bonds. The molecule has 0 aliphatic carbocycles. The Morgan fingerprint density at radius 2 is 1.95 bits per heavy atom. The van der Waals surface area contributed by atoms with Crippen LogP contribution in [-0.2, 0) is 9.59 Å². The first-order valence-corrected chi connectivity index (χ1v) is 5.49. The minimum Gasteiger partial charge on any atom is -0.481 e. The number of hydrogen-bond acceptors (Lipinski definition) is 3. The van der Waals surface area contributed by atoms with Gasteiger partial charge in [0.2, 0.25) is 0 Å². The topological polar surface area (TPSA) is 77.8 Å². The lowest BCUT2D eigenvalue weighted by Crippen LogP contribution is -2.40. The average molecular weight is 273 g/mol. The van der Waals surface area contributed by atoms with E-state index in [1.807, 2.05) is 0 Å². The van der Waals surface area contributed by atoms with Crippen molar-refractivity contribution in [2.24, 2.45) is 0 Å². The quantitative estimate of drug-likeness (QED) is 0.825.